The van der Waals surface area contributed by atoms with E-state index < -0.39 is 0 Å². The maximum absolute atomic E-state index is 2.57. The monoisotopic (exact) mass is 648 g/mol. The third kappa shape index (κ3) is 3.68. The van der Waals surface area contributed by atoms with Gasteiger partial charge in [-0.1, -0.05) is 41.5 Å². The number of benzene rings is 4. The highest BCUT2D eigenvalue weighted by molar-refractivity contribution is 14.1. The fourth-order valence-corrected chi connectivity index (χ4v) is 6.98. The van der Waals surface area contributed by atoms with Crippen LogP contribution in [0.4, 0.5) is 0 Å². The van der Waals surface area contributed by atoms with E-state index in [1.165, 1.54) is 50.6 Å². The van der Waals surface area contributed by atoms with Crippen LogP contribution < -0.4 is 0 Å². The minimum atomic E-state index is 1.06. The average Bonchev–Trinajstić information content (AvgIpc) is 2.80. The molecule has 0 saturated carbocycles. The molecule has 0 saturated heterocycles. The molecule has 4 aromatic rings. The van der Waals surface area contributed by atoms with Crippen LogP contribution >= 0.6 is 45.2 Å². The van der Waals surface area contributed by atoms with Gasteiger partial charge in [0.15, 0.2) is 0 Å². The number of aryl methyl sites for hydroxylation is 4. The first-order valence-corrected chi connectivity index (χ1v) is 14.5. The molecule has 0 N–H and O–H groups in total. The van der Waals surface area contributed by atoms with E-state index in [2.05, 4.69) is 111 Å². The van der Waals surface area contributed by atoms with Crippen LogP contribution in [0.1, 0.15) is 74.9 Å². The molecule has 0 heterocycles. The highest BCUT2D eigenvalue weighted by Crippen LogP contribution is 2.41. The van der Waals surface area contributed by atoms with Crippen molar-refractivity contribution in [2.45, 2.75) is 80.1 Å². The van der Waals surface area contributed by atoms with Crippen LogP contribution in [-0.2, 0) is 38.5 Å². The molecule has 0 radical (unpaired) electrons. The van der Waals surface area contributed by atoms with Crippen molar-refractivity contribution in [2.75, 3.05) is 0 Å². The molecule has 0 aromatic heterocycles. The quantitative estimate of drug-likeness (QED) is 0.144. The van der Waals surface area contributed by atoms with Gasteiger partial charge in [0.25, 0.3) is 0 Å². The second-order valence-corrected chi connectivity index (χ2v) is 11.1. The molecule has 4 rings (SSSR count). The fourth-order valence-electron chi connectivity index (χ4n) is 6.05. The van der Waals surface area contributed by atoms with Crippen LogP contribution in [0.15, 0.2) is 24.3 Å². The lowest BCUT2D eigenvalue weighted by Crippen LogP contribution is -2.05. The van der Waals surface area contributed by atoms with E-state index in [0.29, 0.717) is 0 Å². The second kappa shape index (κ2) is 9.77. The van der Waals surface area contributed by atoms with E-state index >= 15 is 0 Å². The SMILES string of the molecule is CCc1c(CC)c(CC)c2cc3c(CC)c4cc(I)c(I)cc4c(CC)c3cc2c1CC. The Morgan fingerprint density at radius 2 is 0.625 bits per heavy atom. The van der Waals surface area contributed by atoms with Gasteiger partial charge in [-0.25, -0.2) is 0 Å². The lowest BCUT2D eigenvalue weighted by molar-refractivity contribution is 0.961. The van der Waals surface area contributed by atoms with Gasteiger partial charge in [0.1, 0.15) is 0 Å². The lowest BCUT2D eigenvalue weighted by atomic mass is 9.81. The zero-order valence-electron chi connectivity index (χ0n) is 20.3. The van der Waals surface area contributed by atoms with Crippen LogP contribution in [-0.4, -0.2) is 0 Å². The predicted molar refractivity (Wildman–Crippen MR) is 161 cm³/mol. The van der Waals surface area contributed by atoms with E-state index in [9.17, 15) is 0 Å². The van der Waals surface area contributed by atoms with Crippen LogP contribution in [0, 0.1) is 7.14 Å². The minimum absolute atomic E-state index is 1.06. The van der Waals surface area contributed by atoms with Crippen LogP contribution in [0.3, 0.4) is 0 Å². The van der Waals surface area contributed by atoms with Crippen molar-refractivity contribution in [1.29, 1.82) is 0 Å². The zero-order valence-corrected chi connectivity index (χ0v) is 24.6. The van der Waals surface area contributed by atoms with Crippen LogP contribution in [0.5, 0.6) is 0 Å². The Balaban J connectivity index is 2.32. The van der Waals surface area contributed by atoms with Crippen LogP contribution in [0.25, 0.3) is 32.3 Å². The molecule has 0 aliphatic rings. The number of fused-ring (bicyclic) bond motifs is 3. The Morgan fingerprint density at radius 1 is 0.375 bits per heavy atom. The smallest absolute Gasteiger partial charge is 0.0270 e. The van der Waals surface area contributed by atoms with Gasteiger partial charge in [-0.05, 0) is 174 Å². The van der Waals surface area contributed by atoms with Crippen molar-refractivity contribution in [3.63, 3.8) is 0 Å². The maximum atomic E-state index is 2.57. The van der Waals surface area contributed by atoms with Gasteiger partial charge >= 0.3 is 0 Å². The van der Waals surface area contributed by atoms with Gasteiger partial charge in [-0.2, -0.15) is 0 Å². The third-order valence-corrected chi connectivity index (χ3v) is 10.2. The summed E-state index contributed by atoms with van der Waals surface area (Å²) in [6.45, 7) is 14.0. The molecule has 0 atom stereocenters. The fraction of sp³-hybridized carbons (Fsp3) is 0.400. The van der Waals surface area contributed by atoms with Crippen molar-refractivity contribution in [3.8, 4) is 0 Å². The summed E-state index contributed by atoms with van der Waals surface area (Å²) in [6, 6.07) is 10.00. The summed E-state index contributed by atoms with van der Waals surface area (Å²) in [5.74, 6) is 0. The van der Waals surface area contributed by atoms with Crippen molar-refractivity contribution in [1.82, 2.24) is 0 Å². The Kier molecular flexibility index (Phi) is 7.41. The van der Waals surface area contributed by atoms with Crippen molar-refractivity contribution < 1.29 is 0 Å². The molecular weight excluding hydrogens is 614 g/mol. The number of hydrogen-bond donors (Lipinski definition) is 0. The van der Waals surface area contributed by atoms with Crippen molar-refractivity contribution >= 4 is 77.5 Å². The van der Waals surface area contributed by atoms with Gasteiger partial charge in [0, 0.05) is 7.14 Å². The van der Waals surface area contributed by atoms with Gasteiger partial charge in [-0.15, -0.1) is 0 Å². The van der Waals surface area contributed by atoms with E-state index in [0.717, 1.165) is 38.5 Å². The molecule has 0 amide bonds. The standard InChI is InChI=1S/C30H34I2/c1-7-17-18(8-2)20(10-4)24-14-26-22(12-6)28-16-30(32)29(31)15-27(28)21(11-5)25(26)13-23(24)19(17)9-3/h13-16H,7-12H2,1-6H3. The molecule has 2 heteroatoms. The first kappa shape index (κ1) is 24.3. The zero-order chi connectivity index (χ0) is 23.2. The molecule has 0 unspecified atom stereocenters. The summed E-state index contributed by atoms with van der Waals surface area (Å²) >= 11 is 4.99. The topological polar surface area (TPSA) is 0 Å². The Morgan fingerprint density at radius 3 is 0.906 bits per heavy atom. The lowest BCUT2D eigenvalue weighted by Gasteiger charge is -2.23. The summed E-state index contributed by atoms with van der Waals surface area (Å²) in [5.41, 5.74) is 9.41. The molecule has 0 nitrogen and oxygen atoms in total. The second-order valence-electron chi connectivity index (χ2n) is 8.75. The Labute approximate surface area is 220 Å². The van der Waals surface area contributed by atoms with Crippen LogP contribution in [0.2, 0.25) is 0 Å². The van der Waals surface area contributed by atoms with E-state index in [4.69, 9.17) is 0 Å². The summed E-state index contributed by atoms with van der Waals surface area (Å²) in [7, 11) is 0. The van der Waals surface area contributed by atoms with E-state index in [-0.39, 0.29) is 0 Å². The molecular formula is C30H34I2. The molecule has 0 fully saturated rings. The Hall–Kier alpha value is -0.880. The summed E-state index contributed by atoms with van der Waals surface area (Å²) < 4.78 is 2.71. The van der Waals surface area contributed by atoms with E-state index in [1.54, 1.807) is 22.3 Å². The Bertz CT molecular complexity index is 1240. The third-order valence-electron chi connectivity index (χ3n) is 7.38. The first-order chi connectivity index (χ1) is 15.4. The molecule has 0 spiro atoms. The highest BCUT2D eigenvalue weighted by Gasteiger charge is 2.20. The number of halogens is 2. The number of rotatable bonds is 6. The van der Waals surface area contributed by atoms with Crippen molar-refractivity contribution in [3.05, 3.63) is 64.8 Å². The highest BCUT2D eigenvalue weighted by atomic mass is 127. The molecule has 0 aliphatic heterocycles. The first-order valence-electron chi connectivity index (χ1n) is 12.3. The predicted octanol–water partition coefficient (Wildman–Crippen LogP) is 9.73. The van der Waals surface area contributed by atoms with Crippen molar-refractivity contribution in [2.24, 2.45) is 0 Å². The van der Waals surface area contributed by atoms with Gasteiger partial charge in [0.05, 0.1) is 0 Å². The van der Waals surface area contributed by atoms with E-state index in [1.807, 2.05) is 0 Å². The molecule has 0 aliphatic carbocycles. The molecule has 32 heavy (non-hydrogen) atoms. The van der Waals surface area contributed by atoms with Gasteiger partial charge < -0.3 is 0 Å². The van der Waals surface area contributed by atoms with Gasteiger partial charge in [-0.3, -0.25) is 0 Å². The maximum Gasteiger partial charge on any atom is 0.0270 e. The molecule has 0 bridgehead atoms. The normalized spacial score (nSPS) is 11.9. The molecule has 168 valence electrons. The largest absolute Gasteiger partial charge is 0.0613 e. The number of hydrogen-bond acceptors (Lipinski definition) is 0. The van der Waals surface area contributed by atoms with Gasteiger partial charge in [0.2, 0.25) is 0 Å². The minimum Gasteiger partial charge on any atom is -0.0613 e. The molecule has 4 aromatic carbocycles. The summed E-state index contributed by atoms with van der Waals surface area (Å²) in [6.07, 6.45) is 6.59. The summed E-state index contributed by atoms with van der Waals surface area (Å²) in [5, 5.41) is 8.87. The summed E-state index contributed by atoms with van der Waals surface area (Å²) in [4.78, 5) is 0. The average molecular weight is 648 g/mol.